The maximum atomic E-state index is 5.93. The molecule has 2 unspecified atom stereocenters. The van der Waals surface area contributed by atoms with Crippen LogP contribution in [0.3, 0.4) is 0 Å². The smallest absolute Gasteiger partial charge is 0.191 e. The van der Waals surface area contributed by atoms with E-state index in [0.29, 0.717) is 19.7 Å². The van der Waals surface area contributed by atoms with E-state index in [4.69, 9.17) is 14.2 Å². The van der Waals surface area contributed by atoms with Gasteiger partial charge >= 0.3 is 0 Å². The first-order chi connectivity index (χ1) is 13.0. The van der Waals surface area contributed by atoms with Gasteiger partial charge in [0.25, 0.3) is 0 Å². The highest BCUT2D eigenvalue weighted by Crippen LogP contribution is 2.19. The van der Waals surface area contributed by atoms with Crippen molar-refractivity contribution in [3.05, 3.63) is 24.3 Å². The Hall–Kier alpha value is -1.26. The number of hydrogen-bond acceptors (Lipinski definition) is 5. The van der Waals surface area contributed by atoms with Gasteiger partial charge in [0.1, 0.15) is 17.6 Å². The minimum absolute atomic E-state index is 0. The second-order valence-corrected chi connectivity index (χ2v) is 6.61. The van der Waals surface area contributed by atoms with Crippen molar-refractivity contribution >= 4 is 29.9 Å². The van der Waals surface area contributed by atoms with Crippen molar-refractivity contribution < 1.29 is 14.2 Å². The van der Waals surface area contributed by atoms with Crippen molar-refractivity contribution in [2.24, 2.45) is 4.99 Å². The number of halogens is 1. The molecule has 2 N–H and O–H groups in total. The van der Waals surface area contributed by atoms with Crippen LogP contribution in [0, 0.1) is 0 Å². The van der Waals surface area contributed by atoms with Crippen molar-refractivity contribution in [3.63, 3.8) is 0 Å². The van der Waals surface area contributed by atoms with Crippen LogP contribution in [-0.2, 0) is 4.74 Å². The van der Waals surface area contributed by atoms with E-state index in [-0.39, 0.29) is 36.2 Å². The number of ether oxygens (including phenoxy) is 3. The summed E-state index contributed by atoms with van der Waals surface area (Å²) in [5.74, 6) is 2.31. The second kappa shape index (κ2) is 15.6. The zero-order valence-corrected chi connectivity index (χ0v) is 20.4. The van der Waals surface area contributed by atoms with E-state index in [0.717, 1.165) is 30.4 Å². The molecule has 0 aliphatic heterocycles. The van der Waals surface area contributed by atoms with Gasteiger partial charge in [0.2, 0.25) is 0 Å². The molecular weight excluding hydrogens is 471 g/mol. The van der Waals surface area contributed by atoms with Crippen LogP contribution in [0.15, 0.2) is 29.3 Å². The van der Waals surface area contributed by atoms with Crippen LogP contribution in [0.1, 0.15) is 20.3 Å². The van der Waals surface area contributed by atoms with Gasteiger partial charge in [0, 0.05) is 32.8 Å². The molecule has 0 heterocycles. The Morgan fingerprint density at radius 1 is 1.18 bits per heavy atom. The average molecular weight is 508 g/mol. The number of rotatable bonds is 12. The van der Waals surface area contributed by atoms with Crippen LogP contribution in [-0.4, -0.2) is 77.6 Å². The zero-order valence-electron chi connectivity index (χ0n) is 18.0. The van der Waals surface area contributed by atoms with E-state index in [1.54, 1.807) is 14.2 Å². The summed E-state index contributed by atoms with van der Waals surface area (Å²) < 4.78 is 17.0. The molecule has 0 amide bonds. The lowest BCUT2D eigenvalue weighted by molar-refractivity contribution is 0.0548. The van der Waals surface area contributed by atoms with E-state index in [2.05, 4.69) is 34.6 Å². The molecule has 0 radical (unpaired) electrons. The van der Waals surface area contributed by atoms with Crippen molar-refractivity contribution in [1.82, 2.24) is 15.5 Å². The second-order valence-electron chi connectivity index (χ2n) is 6.61. The van der Waals surface area contributed by atoms with Gasteiger partial charge in [-0.25, -0.2) is 0 Å². The normalized spacial score (nSPS) is 13.5. The topological polar surface area (TPSA) is 67.4 Å². The Bertz CT molecular complexity index is 558. The van der Waals surface area contributed by atoms with Crippen molar-refractivity contribution in [2.45, 2.75) is 32.5 Å². The zero-order chi connectivity index (χ0) is 20.1. The molecule has 7 nitrogen and oxygen atoms in total. The van der Waals surface area contributed by atoms with Crippen LogP contribution < -0.4 is 20.1 Å². The number of nitrogens with one attached hydrogen (secondary N) is 2. The summed E-state index contributed by atoms with van der Waals surface area (Å²) in [6.07, 6.45) is 1.11. The molecule has 28 heavy (non-hydrogen) atoms. The Morgan fingerprint density at radius 3 is 2.46 bits per heavy atom. The highest BCUT2D eigenvalue weighted by atomic mass is 127. The number of aliphatic imine (C=N–C) groups is 1. The molecule has 0 saturated carbocycles. The van der Waals surface area contributed by atoms with Crippen molar-refractivity contribution in [1.29, 1.82) is 0 Å². The molecule has 2 atom stereocenters. The first-order valence-corrected chi connectivity index (χ1v) is 9.50. The number of hydrogen-bond donors (Lipinski definition) is 2. The Kier molecular flexibility index (Phi) is 14.9. The predicted octanol–water partition coefficient (Wildman–Crippen LogP) is 2.60. The maximum absolute atomic E-state index is 5.93. The van der Waals surface area contributed by atoms with Crippen molar-refractivity contribution in [3.8, 4) is 11.5 Å². The average Bonchev–Trinajstić information content (AvgIpc) is 2.66. The van der Waals surface area contributed by atoms with Gasteiger partial charge in [-0.05, 0) is 46.5 Å². The molecule has 0 aliphatic rings. The first kappa shape index (κ1) is 26.7. The fourth-order valence-corrected chi connectivity index (χ4v) is 2.50. The summed E-state index contributed by atoms with van der Waals surface area (Å²) in [7, 11) is 7.55. The Balaban J connectivity index is 0.00000729. The molecule has 0 fully saturated rings. The van der Waals surface area contributed by atoms with E-state index in [1.807, 2.05) is 38.1 Å². The molecule has 162 valence electrons. The van der Waals surface area contributed by atoms with Crippen LogP contribution in [0.5, 0.6) is 11.5 Å². The summed E-state index contributed by atoms with van der Waals surface area (Å²) in [4.78, 5) is 6.44. The SMILES string of the molecule is CCOC(CCN(C)C)CNC(=NC)NCC(C)Oc1cccc(OC)c1.I. The third-order valence-corrected chi connectivity index (χ3v) is 3.96. The van der Waals surface area contributed by atoms with Gasteiger partial charge in [0.05, 0.1) is 19.8 Å². The number of guanidine groups is 1. The van der Waals surface area contributed by atoms with E-state index in [1.165, 1.54) is 0 Å². The minimum atomic E-state index is -0.0212. The van der Waals surface area contributed by atoms with E-state index in [9.17, 15) is 0 Å². The number of methoxy groups -OCH3 is 1. The molecule has 0 aromatic heterocycles. The third kappa shape index (κ3) is 11.6. The van der Waals surface area contributed by atoms with Gasteiger partial charge in [0.15, 0.2) is 5.96 Å². The number of benzene rings is 1. The summed E-state index contributed by atoms with van der Waals surface area (Å²) >= 11 is 0. The molecular formula is C20H37IN4O3. The summed E-state index contributed by atoms with van der Waals surface area (Å²) in [6, 6.07) is 7.60. The fourth-order valence-electron chi connectivity index (χ4n) is 2.50. The maximum Gasteiger partial charge on any atom is 0.191 e. The highest BCUT2D eigenvalue weighted by Gasteiger charge is 2.11. The summed E-state index contributed by atoms with van der Waals surface area (Å²) in [5, 5.41) is 6.63. The minimum Gasteiger partial charge on any atom is -0.497 e. The third-order valence-electron chi connectivity index (χ3n) is 3.96. The molecule has 0 saturated heterocycles. The molecule has 1 aromatic rings. The Labute approximate surface area is 187 Å². The Morgan fingerprint density at radius 2 is 1.86 bits per heavy atom. The molecule has 0 aliphatic carbocycles. The molecule has 1 rings (SSSR count). The van der Waals surface area contributed by atoms with Gasteiger partial charge in [-0.15, -0.1) is 24.0 Å². The number of nitrogens with zero attached hydrogens (tertiary/aromatic N) is 2. The summed E-state index contributed by atoms with van der Waals surface area (Å²) in [6.45, 7) is 7.08. The highest BCUT2D eigenvalue weighted by molar-refractivity contribution is 14.0. The van der Waals surface area contributed by atoms with Crippen LogP contribution in [0.25, 0.3) is 0 Å². The molecule has 0 bridgehead atoms. The monoisotopic (exact) mass is 508 g/mol. The van der Waals surface area contributed by atoms with Gasteiger partial charge in [-0.1, -0.05) is 6.07 Å². The van der Waals surface area contributed by atoms with Crippen molar-refractivity contribution in [2.75, 3.05) is 54.5 Å². The predicted molar refractivity (Wildman–Crippen MR) is 126 cm³/mol. The standard InChI is InChI=1S/C20H36N4O3.HI/c1-7-26-19(11-12-24(4)5)15-23-20(21-3)22-14-16(2)27-18-10-8-9-17(13-18)25-6;/h8-10,13,16,19H,7,11-12,14-15H2,1-6H3,(H2,21,22,23);1H. The molecule has 0 spiro atoms. The van der Waals surface area contributed by atoms with Gasteiger partial charge in [-0.3, -0.25) is 4.99 Å². The molecule has 8 heteroatoms. The van der Waals surface area contributed by atoms with E-state index < -0.39 is 0 Å². The van der Waals surface area contributed by atoms with Crippen LogP contribution in [0.4, 0.5) is 0 Å². The largest absolute Gasteiger partial charge is 0.497 e. The van der Waals surface area contributed by atoms with Gasteiger partial charge < -0.3 is 29.7 Å². The quantitative estimate of drug-likeness (QED) is 0.257. The summed E-state index contributed by atoms with van der Waals surface area (Å²) in [5.41, 5.74) is 0. The van der Waals surface area contributed by atoms with E-state index >= 15 is 0 Å². The van der Waals surface area contributed by atoms with Gasteiger partial charge in [-0.2, -0.15) is 0 Å². The van der Waals surface area contributed by atoms with Crippen LogP contribution >= 0.6 is 24.0 Å². The van der Waals surface area contributed by atoms with Crippen LogP contribution in [0.2, 0.25) is 0 Å². The lowest BCUT2D eigenvalue weighted by atomic mass is 10.2. The lowest BCUT2D eigenvalue weighted by Crippen LogP contribution is -2.45. The molecule has 1 aromatic carbocycles. The first-order valence-electron chi connectivity index (χ1n) is 9.50. The fraction of sp³-hybridized carbons (Fsp3) is 0.650. The lowest BCUT2D eigenvalue weighted by Gasteiger charge is -2.22.